The van der Waals surface area contributed by atoms with E-state index in [0.29, 0.717) is 31.1 Å². The first-order valence-electron chi connectivity index (χ1n) is 8.63. The van der Waals surface area contributed by atoms with Crippen LogP contribution in [0.3, 0.4) is 0 Å². The van der Waals surface area contributed by atoms with Crippen LogP contribution in [0.1, 0.15) is 22.5 Å². The summed E-state index contributed by atoms with van der Waals surface area (Å²) in [7, 11) is 1.65. The summed E-state index contributed by atoms with van der Waals surface area (Å²) < 4.78 is 0. The molecule has 2 fully saturated rings. The summed E-state index contributed by atoms with van der Waals surface area (Å²) in [6.45, 7) is 3.19. The van der Waals surface area contributed by atoms with E-state index in [0.717, 1.165) is 19.4 Å². The molecule has 0 aliphatic carbocycles. The summed E-state index contributed by atoms with van der Waals surface area (Å²) in [4.78, 5) is 42.8. The van der Waals surface area contributed by atoms with Crippen LogP contribution in [0.4, 0.5) is 0 Å². The fraction of sp³-hybridized carbons (Fsp3) is 0.588. The van der Waals surface area contributed by atoms with Gasteiger partial charge in [-0.15, -0.1) is 11.3 Å². The van der Waals surface area contributed by atoms with Gasteiger partial charge < -0.3 is 20.0 Å². The van der Waals surface area contributed by atoms with Gasteiger partial charge in [-0.2, -0.15) is 0 Å². The molecule has 0 bridgehead atoms. The van der Waals surface area contributed by atoms with Gasteiger partial charge in [-0.25, -0.2) is 0 Å². The summed E-state index contributed by atoms with van der Waals surface area (Å²) in [6, 6.07) is 3.68. The molecule has 7 nitrogen and oxygen atoms in total. The average molecular weight is 364 g/mol. The van der Waals surface area contributed by atoms with Crippen molar-refractivity contribution in [3.05, 3.63) is 22.4 Å². The lowest BCUT2D eigenvalue weighted by molar-refractivity contribution is -0.140. The standard InChI is InChI=1S/C17H24N4O3S/c1-19(17(24)14-5-3-9-25-14)12-16(23)20-7-2-4-13(11-20)21-8-6-18-10-15(21)22/h3,5,9,13,18H,2,4,6-8,10-12H2,1H3. The molecule has 136 valence electrons. The first kappa shape index (κ1) is 17.9. The smallest absolute Gasteiger partial charge is 0.264 e. The Hall–Kier alpha value is -1.93. The molecule has 1 aromatic rings. The van der Waals surface area contributed by atoms with Crippen LogP contribution < -0.4 is 5.32 Å². The molecular formula is C17H24N4O3S. The number of hydrogen-bond acceptors (Lipinski definition) is 5. The number of piperazine rings is 1. The molecule has 0 saturated carbocycles. The molecule has 1 N–H and O–H groups in total. The summed E-state index contributed by atoms with van der Waals surface area (Å²) in [6.07, 6.45) is 1.82. The van der Waals surface area contributed by atoms with E-state index in [1.807, 2.05) is 16.3 Å². The zero-order valence-electron chi connectivity index (χ0n) is 14.4. The molecule has 25 heavy (non-hydrogen) atoms. The minimum absolute atomic E-state index is 0.0558. The van der Waals surface area contributed by atoms with Gasteiger partial charge in [0, 0.05) is 39.3 Å². The SMILES string of the molecule is CN(CC(=O)N1CCCC(N2CCNCC2=O)C1)C(=O)c1cccs1. The van der Waals surface area contributed by atoms with Crippen molar-refractivity contribution in [3.8, 4) is 0 Å². The van der Waals surface area contributed by atoms with Gasteiger partial charge in [0.15, 0.2) is 0 Å². The number of nitrogens with zero attached hydrogens (tertiary/aromatic N) is 3. The van der Waals surface area contributed by atoms with Gasteiger partial charge in [-0.05, 0) is 24.3 Å². The molecule has 3 amide bonds. The van der Waals surface area contributed by atoms with E-state index in [-0.39, 0.29) is 30.3 Å². The number of carbonyl (C=O) groups excluding carboxylic acids is 3. The molecule has 1 aromatic heterocycles. The quantitative estimate of drug-likeness (QED) is 0.831. The number of thiophene rings is 1. The highest BCUT2D eigenvalue weighted by molar-refractivity contribution is 7.12. The topological polar surface area (TPSA) is 73.0 Å². The first-order chi connectivity index (χ1) is 12.1. The third-order valence-electron chi connectivity index (χ3n) is 4.77. The molecule has 1 atom stereocenters. The molecule has 8 heteroatoms. The van der Waals surface area contributed by atoms with Crippen LogP contribution in [0, 0.1) is 0 Å². The van der Waals surface area contributed by atoms with Crippen LogP contribution in [0.25, 0.3) is 0 Å². The normalized spacial score (nSPS) is 21.3. The Morgan fingerprint density at radius 2 is 2.24 bits per heavy atom. The number of likely N-dealkylation sites (N-methyl/N-ethyl adjacent to an activating group) is 1. The Kier molecular flexibility index (Phi) is 5.70. The lowest BCUT2D eigenvalue weighted by Gasteiger charge is -2.41. The van der Waals surface area contributed by atoms with Crippen LogP contribution in [-0.4, -0.2) is 84.8 Å². The maximum absolute atomic E-state index is 12.6. The molecule has 3 heterocycles. The number of nitrogens with one attached hydrogen (secondary N) is 1. The van der Waals surface area contributed by atoms with E-state index >= 15 is 0 Å². The molecule has 0 radical (unpaired) electrons. The van der Waals surface area contributed by atoms with Gasteiger partial charge in [-0.1, -0.05) is 6.07 Å². The largest absolute Gasteiger partial charge is 0.339 e. The number of piperidine rings is 1. The van der Waals surface area contributed by atoms with Crippen molar-refractivity contribution in [2.24, 2.45) is 0 Å². The molecule has 0 spiro atoms. The number of carbonyl (C=O) groups is 3. The predicted molar refractivity (Wildman–Crippen MR) is 95.5 cm³/mol. The summed E-state index contributed by atoms with van der Waals surface area (Å²) in [5.74, 6) is -0.0792. The monoisotopic (exact) mass is 364 g/mol. The van der Waals surface area contributed by atoms with Gasteiger partial charge in [0.2, 0.25) is 11.8 Å². The average Bonchev–Trinajstić information content (AvgIpc) is 3.16. The molecule has 2 saturated heterocycles. The van der Waals surface area contributed by atoms with Gasteiger partial charge in [0.1, 0.15) is 0 Å². The highest BCUT2D eigenvalue weighted by atomic mass is 32.1. The fourth-order valence-electron chi connectivity index (χ4n) is 3.41. The first-order valence-corrected chi connectivity index (χ1v) is 9.51. The maximum atomic E-state index is 12.6. The Morgan fingerprint density at radius 3 is 2.96 bits per heavy atom. The molecular weight excluding hydrogens is 340 g/mol. The number of amides is 3. The lowest BCUT2D eigenvalue weighted by atomic mass is 10.0. The van der Waals surface area contributed by atoms with Crippen molar-refractivity contribution in [1.82, 2.24) is 20.0 Å². The fourth-order valence-corrected chi connectivity index (χ4v) is 4.12. The van der Waals surface area contributed by atoms with E-state index in [9.17, 15) is 14.4 Å². The molecule has 3 rings (SSSR count). The van der Waals surface area contributed by atoms with Gasteiger partial charge in [0.25, 0.3) is 5.91 Å². The van der Waals surface area contributed by atoms with E-state index in [1.54, 1.807) is 18.0 Å². The third kappa shape index (κ3) is 4.19. The van der Waals surface area contributed by atoms with Crippen LogP contribution in [0.15, 0.2) is 17.5 Å². The number of rotatable bonds is 4. The number of likely N-dealkylation sites (tertiary alicyclic amines) is 1. The Morgan fingerprint density at radius 1 is 1.40 bits per heavy atom. The minimum Gasteiger partial charge on any atom is -0.339 e. The molecule has 0 aromatic carbocycles. The Balaban J connectivity index is 1.56. The zero-order chi connectivity index (χ0) is 17.8. The second-order valence-corrected chi connectivity index (χ2v) is 7.49. The van der Waals surface area contributed by atoms with Crippen LogP contribution in [-0.2, 0) is 9.59 Å². The zero-order valence-corrected chi connectivity index (χ0v) is 15.3. The number of hydrogen-bond donors (Lipinski definition) is 1. The van der Waals surface area contributed by atoms with Crippen molar-refractivity contribution < 1.29 is 14.4 Å². The van der Waals surface area contributed by atoms with Gasteiger partial charge >= 0.3 is 0 Å². The van der Waals surface area contributed by atoms with Crippen molar-refractivity contribution >= 4 is 29.1 Å². The van der Waals surface area contributed by atoms with Gasteiger partial charge in [-0.3, -0.25) is 14.4 Å². The lowest BCUT2D eigenvalue weighted by Crippen LogP contribution is -2.58. The highest BCUT2D eigenvalue weighted by Gasteiger charge is 2.32. The van der Waals surface area contributed by atoms with E-state index in [4.69, 9.17) is 0 Å². The van der Waals surface area contributed by atoms with Crippen LogP contribution in [0.5, 0.6) is 0 Å². The van der Waals surface area contributed by atoms with Crippen LogP contribution >= 0.6 is 11.3 Å². The van der Waals surface area contributed by atoms with Crippen LogP contribution in [0.2, 0.25) is 0 Å². The highest BCUT2D eigenvalue weighted by Crippen LogP contribution is 2.18. The van der Waals surface area contributed by atoms with E-state index in [1.165, 1.54) is 16.2 Å². The minimum atomic E-state index is -0.130. The maximum Gasteiger partial charge on any atom is 0.264 e. The summed E-state index contributed by atoms with van der Waals surface area (Å²) in [5, 5.41) is 4.92. The Labute approximate surface area is 151 Å². The second kappa shape index (κ2) is 7.97. The third-order valence-corrected chi connectivity index (χ3v) is 5.62. The predicted octanol–water partition coefficient (Wildman–Crippen LogP) is 0.243. The Bertz CT molecular complexity index is 634. The van der Waals surface area contributed by atoms with Crippen molar-refractivity contribution in [2.45, 2.75) is 18.9 Å². The summed E-state index contributed by atoms with van der Waals surface area (Å²) in [5.41, 5.74) is 0. The van der Waals surface area contributed by atoms with Crippen molar-refractivity contribution in [1.29, 1.82) is 0 Å². The van der Waals surface area contributed by atoms with E-state index in [2.05, 4.69) is 5.32 Å². The molecule has 2 aliphatic heterocycles. The molecule has 1 unspecified atom stereocenters. The van der Waals surface area contributed by atoms with Crippen molar-refractivity contribution in [3.63, 3.8) is 0 Å². The summed E-state index contributed by atoms with van der Waals surface area (Å²) >= 11 is 1.38. The van der Waals surface area contributed by atoms with E-state index < -0.39 is 0 Å². The second-order valence-electron chi connectivity index (χ2n) is 6.54. The van der Waals surface area contributed by atoms with Gasteiger partial charge in [0.05, 0.1) is 18.0 Å². The van der Waals surface area contributed by atoms with Crippen molar-refractivity contribution in [2.75, 3.05) is 46.3 Å². The molecule has 2 aliphatic rings.